The first-order valence-corrected chi connectivity index (χ1v) is 13.2. The Bertz CT molecular complexity index is 1320. The number of hydrogen-bond acceptors (Lipinski definition) is 7. The number of nitrogens with two attached hydrogens (primary N) is 2. The number of phenols is 2. The number of rotatable bonds is 9. The summed E-state index contributed by atoms with van der Waals surface area (Å²) >= 11 is 0. The van der Waals surface area contributed by atoms with Crippen molar-refractivity contribution in [2.75, 3.05) is 50.1 Å². The van der Waals surface area contributed by atoms with Crippen molar-refractivity contribution in [2.24, 2.45) is 10.2 Å². The lowest BCUT2D eigenvalue weighted by Gasteiger charge is -2.23. The van der Waals surface area contributed by atoms with Crippen molar-refractivity contribution in [3.63, 3.8) is 0 Å². The average Bonchev–Trinajstić information content (AvgIpc) is 2.95. The standard InChI is InChI=1S/C20H17N3O2.C12H21N3/c21-17-7-1-14(2-8-17)13-22-23-20(15-3-9-18(24)10-4-15)16-5-11-19(25)12-6-16;1-4-15(10-9-14(2)3)12-7-5-11(13)6-8-12/h1-13,24-25H,21H2;5-8H,4,9-10,13H2,1-3H3/p+1/b22-13+;. The molecule has 0 aliphatic rings. The Balaban J connectivity index is 0.000000252. The largest absolute Gasteiger partial charge is 0.508 e. The Labute approximate surface area is 236 Å². The SMILES string of the molecule is CCN(CC[NH+](C)C)c1ccc(N)cc1.Nc1ccc(/C=N/N=C(c2ccc(O)cc2)c2ccc(O)cc2)cc1. The number of phenolic OH excluding ortho intramolecular Hbond substituents is 2. The van der Waals surface area contributed by atoms with E-state index in [1.54, 1.807) is 66.9 Å². The number of hydrogen-bond donors (Lipinski definition) is 5. The predicted octanol–water partition coefficient (Wildman–Crippen LogP) is 3.79. The topological polar surface area (TPSA) is 125 Å². The van der Waals surface area contributed by atoms with Crippen LogP contribution in [0.1, 0.15) is 23.6 Å². The van der Waals surface area contributed by atoms with Crippen LogP contribution in [0.2, 0.25) is 0 Å². The van der Waals surface area contributed by atoms with Gasteiger partial charge in [-0.2, -0.15) is 5.10 Å². The molecule has 0 aliphatic heterocycles. The molecule has 8 heteroatoms. The summed E-state index contributed by atoms with van der Waals surface area (Å²) in [5, 5.41) is 27.5. The summed E-state index contributed by atoms with van der Waals surface area (Å²) in [4.78, 5) is 3.84. The summed E-state index contributed by atoms with van der Waals surface area (Å²) in [6.07, 6.45) is 1.64. The second-order valence-electron chi connectivity index (χ2n) is 9.58. The zero-order valence-corrected chi connectivity index (χ0v) is 23.3. The van der Waals surface area contributed by atoms with E-state index in [1.165, 1.54) is 10.6 Å². The van der Waals surface area contributed by atoms with Crippen LogP contribution in [0, 0.1) is 0 Å². The van der Waals surface area contributed by atoms with Crippen LogP contribution in [-0.4, -0.2) is 55.9 Å². The smallest absolute Gasteiger partial charge is 0.115 e. The van der Waals surface area contributed by atoms with E-state index < -0.39 is 0 Å². The highest BCUT2D eigenvalue weighted by atomic mass is 16.3. The first-order valence-electron chi connectivity index (χ1n) is 13.2. The molecular weight excluding hydrogens is 500 g/mol. The van der Waals surface area contributed by atoms with Gasteiger partial charge in [-0.15, -0.1) is 5.10 Å². The maximum absolute atomic E-state index is 9.48. The van der Waals surface area contributed by atoms with Crippen molar-refractivity contribution in [1.82, 2.24) is 0 Å². The van der Waals surface area contributed by atoms with Crippen LogP contribution >= 0.6 is 0 Å². The highest BCUT2D eigenvalue weighted by Gasteiger charge is 2.08. The van der Waals surface area contributed by atoms with E-state index in [2.05, 4.69) is 48.3 Å². The fourth-order valence-corrected chi connectivity index (χ4v) is 3.77. The van der Waals surface area contributed by atoms with Gasteiger partial charge in [0.25, 0.3) is 0 Å². The van der Waals surface area contributed by atoms with Crippen LogP contribution in [0.25, 0.3) is 0 Å². The molecule has 4 rings (SSSR count). The van der Waals surface area contributed by atoms with E-state index >= 15 is 0 Å². The van der Waals surface area contributed by atoms with Crippen LogP contribution in [0.5, 0.6) is 11.5 Å². The quantitative estimate of drug-likeness (QED) is 0.126. The minimum absolute atomic E-state index is 0.180. The molecule has 0 saturated carbocycles. The number of aromatic hydroxyl groups is 2. The molecule has 4 aromatic rings. The molecule has 0 saturated heterocycles. The summed E-state index contributed by atoms with van der Waals surface area (Å²) in [7, 11) is 4.35. The summed E-state index contributed by atoms with van der Waals surface area (Å²) in [6, 6.07) is 28.8. The maximum atomic E-state index is 9.48. The van der Waals surface area contributed by atoms with Crippen LogP contribution in [0.15, 0.2) is 107 Å². The molecule has 0 unspecified atom stereocenters. The van der Waals surface area contributed by atoms with Gasteiger partial charge in [-0.1, -0.05) is 12.1 Å². The van der Waals surface area contributed by atoms with E-state index in [-0.39, 0.29) is 11.5 Å². The van der Waals surface area contributed by atoms with Crippen LogP contribution in [0.3, 0.4) is 0 Å². The highest BCUT2D eigenvalue weighted by Crippen LogP contribution is 2.18. The maximum Gasteiger partial charge on any atom is 0.115 e. The van der Waals surface area contributed by atoms with E-state index in [4.69, 9.17) is 11.5 Å². The van der Waals surface area contributed by atoms with Gasteiger partial charge in [0.2, 0.25) is 0 Å². The molecule has 8 nitrogen and oxygen atoms in total. The highest BCUT2D eigenvalue weighted by molar-refractivity contribution is 6.13. The van der Waals surface area contributed by atoms with Crippen molar-refractivity contribution >= 4 is 29.0 Å². The van der Waals surface area contributed by atoms with Crippen molar-refractivity contribution in [3.8, 4) is 11.5 Å². The molecule has 0 radical (unpaired) electrons. The molecule has 40 heavy (non-hydrogen) atoms. The fourth-order valence-electron chi connectivity index (χ4n) is 3.77. The molecule has 208 valence electrons. The number of quaternary nitrogens is 1. The predicted molar refractivity (Wildman–Crippen MR) is 167 cm³/mol. The zero-order chi connectivity index (χ0) is 28.9. The van der Waals surface area contributed by atoms with Gasteiger partial charge in [0.05, 0.1) is 33.4 Å². The Kier molecular flexibility index (Phi) is 11.1. The molecule has 0 heterocycles. The summed E-state index contributed by atoms with van der Waals surface area (Å²) < 4.78 is 0. The summed E-state index contributed by atoms with van der Waals surface area (Å²) in [6.45, 7) is 5.46. The monoisotopic (exact) mass is 539 g/mol. The number of benzene rings is 4. The normalized spacial score (nSPS) is 10.7. The molecule has 0 aliphatic carbocycles. The van der Waals surface area contributed by atoms with Gasteiger partial charge in [0.15, 0.2) is 0 Å². The third-order valence-corrected chi connectivity index (χ3v) is 6.10. The van der Waals surface area contributed by atoms with E-state index in [0.29, 0.717) is 11.4 Å². The van der Waals surface area contributed by atoms with Gasteiger partial charge in [0, 0.05) is 34.7 Å². The molecular formula is C32H39N6O2+. The zero-order valence-electron chi connectivity index (χ0n) is 23.3. The Morgan fingerprint density at radius 1 is 0.750 bits per heavy atom. The Hall–Kier alpha value is -4.82. The number of nitrogen functional groups attached to an aromatic ring is 2. The van der Waals surface area contributed by atoms with E-state index in [1.807, 2.05) is 24.3 Å². The van der Waals surface area contributed by atoms with Gasteiger partial charge >= 0.3 is 0 Å². The lowest BCUT2D eigenvalue weighted by atomic mass is 10.0. The van der Waals surface area contributed by atoms with Crippen molar-refractivity contribution in [3.05, 3.63) is 114 Å². The molecule has 0 aromatic heterocycles. The van der Waals surface area contributed by atoms with Crippen LogP contribution in [-0.2, 0) is 0 Å². The Morgan fingerprint density at radius 3 is 1.68 bits per heavy atom. The lowest BCUT2D eigenvalue weighted by molar-refractivity contribution is -0.856. The average molecular weight is 540 g/mol. The van der Waals surface area contributed by atoms with Crippen molar-refractivity contribution in [2.45, 2.75) is 6.92 Å². The second kappa shape index (κ2) is 14.9. The third kappa shape index (κ3) is 9.49. The molecule has 0 amide bonds. The van der Waals surface area contributed by atoms with E-state index in [0.717, 1.165) is 42.0 Å². The van der Waals surface area contributed by atoms with Gasteiger partial charge in [-0.05, 0) is 97.4 Å². The van der Waals surface area contributed by atoms with E-state index in [9.17, 15) is 10.2 Å². The minimum Gasteiger partial charge on any atom is -0.508 e. The third-order valence-electron chi connectivity index (χ3n) is 6.10. The fraction of sp³-hybridized carbons (Fsp3) is 0.188. The van der Waals surface area contributed by atoms with Gasteiger partial charge in [-0.3, -0.25) is 0 Å². The molecule has 0 atom stereocenters. The van der Waals surface area contributed by atoms with Crippen molar-refractivity contribution < 1.29 is 15.1 Å². The van der Waals surface area contributed by atoms with Gasteiger partial charge in [0.1, 0.15) is 17.2 Å². The van der Waals surface area contributed by atoms with Crippen molar-refractivity contribution in [1.29, 1.82) is 0 Å². The minimum atomic E-state index is 0.180. The number of anilines is 3. The number of nitrogens with one attached hydrogen (secondary N) is 1. The Morgan fingerprint density at radius 2 is 1.23 bits per heavy atom. The van der Waals surface area contributed by atoms with Crippen LogP contribution < -0.4 is 21.3 Å². The first-order chi connectivity index (χ1) is 19.2. The number of likely N-dealkylation sites (N-methyl/N-ethyl adjacent to an activating group) is 2. The second-order valence-corrected chi connectivity index (χ2v) is 9.58. The molecule has 0 spiro atoms. The number of nitrogens with zero attached hydrogens (tertiary/aromatic N) is 3. The molecule has 0 bridgehead atoms. The van der Waals surface area contributed by atoms with Gasteiger partial charge < -0.3 is 31.5 Å². The molecule has 4 aromatic carbocycles. The summed E-state index contributed by atoms with van der Waals surface area (Å²) in [5.41, 5.74) is 17.2. The van der Waals surface area contributed by atoms with Crippen LogP contribution in [0.4, 0.5) is 17.1 Å². The first kappa shape index (κ1) is 29.7. The lowest BCUT2D eigenvalue weighted by Crippen LogP contribution is -3.06. The summed E-state index contributed by atoms with van der Waals surface area (Å²) in [5.74, 6) is 0.360. The molecule has 7 N–H and O–H groups in total. The van der Waals surface area contributed by atoms with Gasteiger partial charge in [-0.25, -0.2) is 0 Å². The molecule has 0 fully saturated rings.